The van der Waals surface area contributed by atoms with Crippen molar-refractivity contribution in [2.24, 2.45) is 0 Å². The number of carboxylic acids is 1. The topological polar surface area (TPSA) is 40.5 Å². The molecule has 0 unspecified atom stereocenters. The van der Waals surface area contributed by atoms with E-state index in [1.54, 1.807) is 6.92 Å². The zero-order chi connectivity index (χ0) is 15.9. The zero-order valence-corrected chi connectivity index (χ0v) is 14.4. The minimum Gasteiger partial charge on any atom is -0.478 e. The molecule has 0 spiro atoms. The van der Waals surface area contributed by atoms with Crippen LogP contribution in [0, 0.1) is 0 Å². The summed E-state index contributed by atoms with van der Waals surface area (Å²) in [7, 11) is 0. The van der Waals surface area contributed by atoms with E-state index in [0.29, 0.717) is 5.57 Å². The minimum absolute atomic E-state index is 0.442. The number of hydrogen-bond donors (Lipinski definition) is 1. The molecule has 0 aromatic heterocycles. The highest BCUT2D eigenvalue weighted by Crippen LogP contribution is 2.09. The summed E-state index contributed by atoms with van der Waals surface area (Å²) in [6.45, 7) is 8.11. The van der Waals surface area contributed by atoms with Crippen LogP contribution in [-0.2, 0) is 4.79 Å². The Morgan fingerprint density at radius 1 is 0.857 bits per heavy atom. The van der Waals surface area contributed by atoms with E-state index in [4.69, 9.17) is 5.11 Å². The minimum atomic E-state index is -0.808. The number of carboxylic acid groups (broad SMARTS) is 1. The molecule has 21 heavy (non-hydrogen) atoms. The van der Waals surface area contributed by atoms with Gasteiger partial charge in [-0.05, 0) is 19.8 Å². The lowest BCUT2D eigenvalue weighted by molar-refractivity contribution is -0.132. The van der Waals surface area contributed by atoms with Crippen molar-refractivity contribution in [1.29, 1.82) is 0 Å². The number of carbonyl (C=O) groups is 1. The summed E-state index contributed by atoms with van der Waals surface area (Å²) < 4.78 is 0. The van der Waals surface area contributed by atoms with Crippen molar-refractivity contribution < 1.29 is 9.90 Å². The second-order valence-electron chi connectivity index (χ2n) is 5.98. The lowest BCUT2D eigenvalue weighted by Crippen LogP contribution is -2.21. The van der Waals surface area contributed by atoms with Crippen LogP contribution in [0.2, 0.25) is 0 Å². The summed E-state index contributed by atoms with van der Waals surface area (Å²) in [6, 6.07) is 0. The van der Waals surface area contributed by atoms with E-state index in [9.17, 15) is 4.79 Å². The Morgan fingerprint density at radius 3 is 1.67 bits per heavy atom. The molecular formula is C18H35NO2. The van der Waals surface area contributed by atoms with Crippen LogP contribution < -0.4 is 0 Å². The summed E-state index contributed by atoms with van der Waals surface area (Å²) in [5.41, 5.74) is 0.442. The van der Waals surface area contributed by atoms with Gasteiger partial charge in [0.1, 0.15) is 0 Å². The molecule has 0 amide bonds. The molecule has 3 nitrogen and oxygen atoms in total. The maximum Gasteiger partial charge on any atom is 0.332 e. The first kappa shape index (κ1) is 20.0. The first-order chi connectivity index (χ1) is 10.1. The molecule has 0 heterocycles. The molecular weight excluding hydrogens is 262 g/mol. The molecule has 0 saturated heterocycles. The third kappa shape index (κ3) is 12.5. The van der Waals surface area contributed by atoms with Crippen LogP contribution in [-0.4, -0.2) is 29.1 Å². The van der Waals surface area contributed by atoms with Crippen LogP contribution in [0.4, 0.5) is 0 Å². The van der Waals surface area contributed by atoms with Gasteiger partial charge in [0.25, 0.3) is 0 Å². The Balaban J connectivity index is 4.09. The van der Waals surface area contributed by atoms with Crippen molar-refractivity contribution in [3.05, 3.63) is 11.8 Å². The van der Waals surface area contributed by atoms with Crippen LogP contribution >= 0.6 is 0 Å². The van der Waals surface area contributed by atoms with Gasteiger partial charge < -0.3 is 10.0 Å². The summed E-state index contributed by atoms with van der Waals surface area (Å²) in [6.07, 6.45) is 14.4. The van der Waals surface area contributed by atoms with Crippen LogP contribution in [0.5, 0.6) is 0 Å². The molecule has 0 saturated carbocycles. The molecule has 1 N–H and O–H groups in total. The van der Waals surface area contributed by atoms with Crippen molar-refractivity contribution in [2.75, 3.05) is 13.1 Å². The Bertz CT molecular complexity index is 273. The Labute approximate surface area is 131 Å². The van der Waals surface area contributed by atoms with Gasteiger partial charge in [-0.25, -0.2) is 4.79 Å². The van der Waals surface area contributed by atoms with E-state index in [0.717, 1.165) is 13.1 Å². The highest BCUT2D eigenvalue weighted by molar-refractivity contribution is 5.85. The molecule has 0 fully saturated rings. The van der Waals surface area contributed by atoms with E-state index in [-0.39, 0.29) is 0 Å². The zero-order valence-electron chi connectivity index (χ0n) is 14.4. The Morgan fingerprint density at radius 2 is 1.29 bits per heavy atom. The van der Waals surface area contributed by atoms with E-state index in [2.05, 4.69) is 18.7 Å². The van der Waals surface area contributed by atoms with Crippen molar-refractivity contribution in [1.82, 2.24) is 4.90 Å². The number of aliphatic carboxylic acids is 1. The smallest absolute Gasteiger partial charge is 0.332 e. The van der Waals surface area contributed by atoms with Crippen molar-refractivity contribution >= 4 is 5.97 Å². The molecule has 0 aliphatic carbocycles. The fourth-order valence-corrected chi connectivity index (χ4v) is 2.41. The van der Waals surface area contributed by atoms with Crippen LogP contribution in [0.15, 0.2) is 11.8 Å². The fourth-order valence-electron chi connectivity index (χ4n) is 2.41. The third-order valence-corrected chi connectivity index (χ3v) is 3.81. The average molecular weight is 297 g/mol. The molecule has 3 heteroatoms. The van der Waals surface area contributed by atoms with E-state index < -0.39 is 5.97 Å². The second kappa shape index (κ2) is 14.0. The van der Waals surface area contributed by atoms with Crippen LogP contribution in [0.25, 0.3) is 0 Å². The lowest BCUT2D eigenvalue weighted by Gasteiger charge is -2.21. The quantitative estimate of drug-likeness (QED) is 0.353. The summed E-state index contributed by atoms with van der Waals surface area (Å²) in [5.74, 6) is -0.808. The van der Waals surface area contributed by atoms with Gasteiger partial charge in [-0.15, -0.1) is 0 Å². The predicted molar refractivity (Wildman–Crippen MR) is 90.5 cm³/mol. The van der Waals surface area contributed by atoms with Gasteiger partial charge in [0.15, 0.2) is 0 Å². The number of hydrogen-bond acceptors (Lipinski definition) is 2. The average Bonchev–Trinajstić information content (AvgIpc) is 2.46. The highest BCUT2D eigenvalue weighted by atomic mass is 16.4. The molecule has 0 aromatic rings. The van der Waals surface area contributed by atoms with Crippen LogP contribution in [0.3, 0.4) is 0 Å². The first-order valence-electron chi connectivity index (χ1n) is 8.77. The molecule has 124 valence electrons. The SMILES string of the molecule is CCCCCCCN(/C=C(\C)C(=O)O)CCCCCCC. The maximum absolute atomic E-state index is 11.0. The largest absolute Gasteiger partial charge is 0.478 e. The first-order valence-corrected chi connectivity index (χ1v) is 8.77. The van der Waals surface area contributed by atoms with Gasteiger partial charge in [-0.1, -0.05) is 65.2 Å². The molecule has 0 aliphatic rings. The van der Waals surface area contributed by atoms with E-state index in [1.807, 2.05) is 6.20 Å². The van der Waals surface area contributed by atoms with Crippen LogP contribution in [0.1, 0.15) is 85.0 Å². The highest BCUT2D eigenvalue weighted by Gasteiger charge is 2.05. The van der Waals surface area contributed by atoms with Gasteiger partial charge in [0.05, 0.1) is 0 Å². The molecule has 0 rings (SSSR count). The molecule has 0 aliphatic heterocycles. The summed E-state index contributed by atoms with van der Waals surface area (Å²) in [4.78, 5) is 13.2. The van der Waals surface area contributed by atoms with Gasteiger partial charge in [0, 0.05) is 24.9 Å². The van der Waals surface area contributed by atoms with Gasteiger partial charge in [-0.2, -0.15) is 0 Å². The summed E-state index contributed by atoms with van der Waals surface area (Å²) in [5, 5.41) is 9.02. The fraction of sp³-hybridized carbons (Fsp3) is 0.833. The molecule has 0 bridgehead atoms. The Kier molecular flexibility index (Phi) is 13.3. The van der Waals surface area contributed by atoms with Gasteiger partial charge >= 0.3 is 5.97 Å². The molecule has 0 radical (unpaired) electrons. The van der Waals surface area contributed by atoms with E-state index >= 15 is 0 Å². The number of rotatable bonds is 14. The van der Waals surface area contributed by atoms with Crippen molar-refractivity contribution in [3.8, 4) is 0 Å². The molecule has 0 aromatic carbocycles. The van der Waals surface area contributed by atoms with Gasteiger partial charge in [-0.3, -0.25) is 0 Å². The lowest BCUT2D eigenvalue weighted by atomic mass is 10.1. The molecule has 0 atom stereocenters. The summed E-state index contributed by atoms with van der Waals surface area (Å²) >= 11 is 0. The monoisotopic (exact) mass is 297 g/mol. The second-order valence-corrected chi connectivity index (χ2v) is 5.98. The van der Waals surface area contributed by atoms with Crippen molar-refractivity contribution in [3.63, 3.8) is 0 Å². The Hall–Kier alpha value is -0.990. The predicted octanol–water partition coefficient (Wildman–Crippen LogP) is 5.22. The normalized spacial score (nSPS) is 11.7. The standard InChI is InChI=1S/C18H35NO2/c1-4-6-8-10-12-14-19(16-17(3)18(20)21)15-13-11-9-7-5-2/h16H,4-15H2,1-3H3,(H,20,21)/b17-16+. The number of unbranched alkanes of at least 4 members (excludes halogenated alkanes) is 8. The van der Waals surface area contributed by atoms with E-state index in [1.165, 1.54) is 64.2 Å². The number of nitrogens with zero attached hydrogens (tertiary/aromatic N) is 1. The maximum atomic E-state index is 11.0. The van der Waals surface area contributed by atoms with Crippen molar-refractivity contribution in [2.45, 2.75) is 85.0 Å². The third-order valence-electron chi connectivity index (χ3n) is 3.81. The van der Waals surface area contributed by atoms with Gasteiger partial charge in [0.2, 0.25) is 0 Å².